The first-order valence-electron chi connectivity index (χ1n) is 12.0. The molecule has 6 rings (SSSR count). The molecule has 2 heterocycles. The van der Waals surface area contributed by atoms with E-state index in [2.05, 4.69) is 5.32 Å². The number of hydrogen-bond donors (Lipinski definition) is 1. The minimum absolute atomic E-state index is 0.0307. The van der Waals surface area contributed by atoms with Crippen LogP contribution in [0.25, 0.3) is 0 Å². The maximum atomic E-state index is 14.3. The fraction of sp³-hybridized carbons (Fsp3) is 0.161. The Labute approximate surface area is 205 Å². The molecular weight excluding hydrogens is 432 g/mol. The molecule has 4 atom stereocenters. The minimum atomic E-state index is -1.05. The third-order valence-corrected chi connectivity index (χ3v) is 7.58. The van der Waals surface area contributed by atoms with E-state index < -0.39 is 11.5 Å². The Bertz CT molecular complexity index is 1390. The number of carbonyl (C=O) groups excluding carboxylic acids is 2. The van der Waals surface area contributed by atoms with Crippen molar-refractivity contribution in [3.63, 3.8) is 0 Å². The molecule has 2 aliphatic rings. The summed E-state index contributed by atoms with van der Waals surface area (Å²) in [7, 11) is 1.82. The molecule has 0 unspecified atom stereocenters. The van der Waals surface area contributed by atoms with Crippen LogP contribution in [-0.4, -0.2) is 18.7 Å². The van der Waals surface area contributed by atoms with Crippen molar-refractivity contribution in [3.05, 3.63) is 138 Å². The van der Waals surface area contributed by atoms with Crippen LogP contribution in [0.2, 0.25) is 0 Å². The van der Waals surface area contributed by atoms with Crippen LogP contribution in [-0.2, 0) is 10.3 Å². The van der Waals surface area contributed by atoms with Crippen LogP contribution in [0, 0.1) is 5.92 Å². The van der Waals surface area contributed by atoms with Gasteiger partial charge in [-0.3, -0.25) is 14.9 Å². The van der Waals surface area contributed by atoms with E-state index in [4.69, 9.17) is 0 Å². The maximum Gasteiger partial charge on any atom is 0.252 e. The Hall–Kier alpha value is -4.02. The van der Waals surface area contributed by atoms with Crippen molar-refractivity contribution in [2.75, 3.05) is 11.9 Å². The molecule has 4 aromatic carbocycles. The van der Waals surface area contributed by atoms with Gasteiger partial charge in [0.25, 0.3) is 5.91 Å². The molecule has 0 saturated carbocycles. The van der Waals surface area contributed by atoms with E-state index in [0.717, 1.165) is 22.4 Å². The summed E-state index contributed by atoms with van der Waals surface area (Å²) in [5.41, 5.74) is 3.38. The molecule has 0 radical (unpaired) electrons. The minimum Gasteiger partial charge on any atom is -0.313 e. The van der Waals surface area contributed by atoms with E-state index in [1.165, 1.54) is 0 Å². The number of amides is 1. The fourth-order valence-electron chi connectivity index (χ4n) is 6.08. The summed E-state index contributed by atoms with van der Waals surface area (Å²) in [5, 5.41) is 3.76. The Balaban J connectivity index is 1.64. The van der Waals surface area contributed by atoms with Gasteiger partial charge >= 0.3 is 0 Å². The van der Waals surface area contributed by atoms with Crippen LogP contribution < -0.4 is 10.2 Å². The predicted molar refractivity (Wildman–Crippen MR) is 137 cm³/mol. The highest BCUT2D eigenvalue weighted by molar-refractivity contribution is 6.10. The van der Waals surface area contributed by atoms with Crippen molar-refractivity contribution < 1.29 is 9.59 Å². The molecule has 4 heteroatoms. The zero-order chi connectivity index (χ0) is 24.0. The van der Waals surface area contributed by atoms with Crippen LogP contribution in [0.1, 0.15) is 39.0 Å². The number of para-hydroxylation sites is 1. The molecule has 35 heavy (non-hydrogen) atoms. The SMILES string of the molecule is CN1C(=O)[C@@]2(N[C@@H](c3ccccc3)[C@@H](C(=O)c3ccccc3)[C@@H]2c2ccccc2)c2ccccc21. The molecule has 1 saturated heterocycles. The zero-order valence-electron chi connectivity index (χ0n) is 19.5. The molecule has 2 aliphatic heterocycles. The predicted octanol–water partition coefficient (Wildman–Crippen LogP) is 5.49. The van der Waals surface area contributed by atoms with Crippen molar-refractivity contribution in [2.24, 2.45) is 5.92 Å². The second-order valence-corrected chi connectivity index (χ2v) is 9.37. The van der Waals surface area contributed by atoms with Gasteiger partial charge in [0.15, 0.2) is 5.78 Å². The van der Waals surface area contributed by atoms with Gasteiger partial charge in [-0.1, -0.05) is 109 Å². The highest BCUT2D eigenvalue weighted by Crippen LogP contribution is 2.59. The van der Waals surface area contributed by atoms with Crippen LogP contribution in [0.15, 0.2) is 115 Å². The van der Waals surface area contributed by atoms with Gasteiger partial charge in [0, 0.05) is 35.8 Å². The lowest BCUT2D eigenvalue weighted by Gasteiger charge is -2.32. The number of anilines is 1. The lowest BCUT2D eigenvalue weighted by molar-refractivity contribution is -0.124. The topological polar surface area (TPSA) is 49.4 Å². The number of likely N-dealkylation sites (N-methyl/N-ethyl adjacent to an activating group) is 1. The summed E-state index contributed by atoms with van der Waals surface area (Å²) in [5.74, 6) is -0.861. The van der Waals surface area contributed by atoms with Crippen LogP contribution in [0.5, 0.6) is 0 Å². The number of carbonyl (C=O) groups is 2. The third-order valence-electron chi connectivity index (χ3n) is 7.58. The molecule has 0 aliphatic carbocycles. The standard InChI is InChI=1S/C31H26N2O2/c1-33-25-20-12-11-19-24(25)31(30(33)35)27(21-13-5-2-6-14-21)26(29(34)23-17-9-4-10-18-23)28(32-31)22-15-7-3-8-16-22/h2-20,26-28,32H,1H3/t26-,27-,28-,31+/m0/s1. The fourth-order valence-corrected chi connectivity index (χ4v) is 6.08. The normalized spacial score (nSPS) is 25.1. The Morgan fingerprint density at radius 3 is 1.94 bits per heavy atom. The lowest BCUT2D eigenvalue weighted by atomic mass is 9.69. The van der Waals surface area contributed by atoms with E-state index in [9.17, 15) is 9.59 Å². The molecule has 4 aromatic rings. The number of fused-ring (bicyclic) bond motifs is 2. The van der Waals surface area contributed by atoms with Gasteiger partial charge in [0.2, 0.25) is 0 Å². The second-order valence-electron chi connectivity index (χ2n) is 9.37. The van der Waals surface area contributed by atoms with Crippen molar-refractivity contribution in [1.82, 2.24) is 5.32 Å². The summed E-state index contributed by atoms with van der Waals surface area (Å²) < 4.78 is 0. The summed E-state index contributed by atoms with van der Waals surface area (Å²) in [6, 6.07) is 37.1. The molecule has 0 aromatic heterocycles. The lowest BCUT2D eigenvalue weighted by Crippen LogP contribution is -2.49. The number of Topliss-reactive ketones (excluding diaryl/α,β-unsaturated/α-hetero) is 1. The average Bonchev–Trinajstić information content (AvgIpc) is 3.39. The first kappa shape index (κ1) is 21.5. The molecule has 4 nitrogen and oxygen atoms in total. The molecule has 172 valence electrons. The Morgan fingerprint density at radius 2 is 1.29 bits per heavy atom. The molecule has 1 N–H and O–H groups in total. The van der Waals surface area contributed by atoms with E-state index in [1.807, 2.05) is 122 Å². The van der Waals surface area contributed by atoms with E-state index in [1.54, 1.807) is 4.90 Å². The van der Waals surface area contributed by atoms with Crippen LogP contribution in [0.3, 0.4) is 0 Å². The van der Waals surface area contributed by atoms with Crippen molar-refractivity contribution in [2.45, 2.75) is 17.5 Å². The van der Waals surface area contributed by atoms with Gasteiger partial charge in [-0.05, 0) is 17.2 Å². The van der Waals surface area contributed by atoms with E-state index in [0.29, 0.717) is 5.56 Å². The number of hydrogen-bond acceptors (Lipinski definition) is 3. The monoisotopic (exact) mass is 458 g/mol. The number of rotatable bonds is 4. The van der Waals surface area contributed by atoms with Crippen LogP contribution >= 0.6 is 0 Å². The van der Waals surface area contributed by atoms with Gasteiger partial charge in [-0.25, -0.2) is 0 Å². The molecule has 0 bridgehead atoms. The van der Waals surface area contributed by atoms with Gasteiger partial charge < -0.3 is 4.90 Å². The maximum absolute atomic E-state index is 14.3. The summed E-state index contributed by atoms with van der Waals surface area (Å²) in [6.45, 7) is 0. The zero-order valence-corrected chi connectivity index (χ0v) is 19.5. The molecule has 1 amide bonds. The van der Waals surface area contributed by atoms with Gasteiger partial charge in [0.05, 0.1) is 5.92 Å². The second kappa shape index (κ2) is 8.33. The molecular formula is C31H26N2O2. The largest absolute Gasteiger partial charge is 0.313 e. The summed E-state index contributed by atoms with van der Waals surface area (Å²) in [6.07, 6.45) is 0. The third kappa shape index (κ3) is 3.17. The van der Waals surface area contributed by atoms with E-state index in [-0.39, 0.29) is 23.7 Å². The van der Waals surface area contributed by atoms with Gasteiger partial charge in [-0.15, -0.1) is 0 Å². The summed E-state index contributed by atoms with van der Waals surface area (Å²) in [4.78, 5) is 30.2. The van der Waals surface area contributed by atoms with Crippen molar-refractivity contribution in [1.29, 1.82) is 0 Å². The van der Waals surface area contributed by atoms with Crippen molar-refractivity contribution in [3.8, 4) is 0 Å². The highest BCUT2D eigenvalue weighted by Gasteiger charge is 2.65. The average molecular weight is 459 g/mol. The molecule has 1 spiro atoms. The van der Waals surface area contributed by atoms with Gasteiger partial charge in [0.1, 0.15) is 5.54 Å². The highest BCUT2D eigenvalue weighted by atomic mass is 16.2. The Kier molecular flexibility index (Phi) is 5.12. The first-order chi connectivity index (χ1) is 17.1. The smallest absolute Gasteiger partial charge is 0.252 e. The molecule has 1 fully saturated rings. The Morgan fingerprint density at radius 1 is 0.743 bits per heavy atom. The number of nitrogens with zero attached hydrogens (tertiary/aromatic N) is 1. The number of nitrogens with one attached hydrogen (secondary N) is 1. The first-order valence-corrected chi connectivity index (χ1v) is 12.0. The number of ketones is 1. The quantitative estimate of drug-likeness (QED) is 0.412. The van der Waals surface area contributed by atoms with Crippen LogP contribution in [0.4, 0.5) is 5.69 Å². The van der Waals surface area contributed by atoms with E-state index >= 15 is 0 Å². The van der Waals surface area contributed by atoms with Gasteiger partial charge in [-0.2, -0.15) is 0 Å². The summed E-state index contributed by atoms with van der Waals surface area (Å²) >= 11 is 0. The van der Waals surface area contributed by atoms with Crippen molar-refractivity contribution >= 4 is 17.4 Å². The number of benzene rings is 4.